The first-order chi connectivity index (χ1) is 9.58. The van der Waals surface area contributed by atoms with E-state index in [0.29, 0.717) is 24.0 Å². The van der Waals surface area contributed by atoms with Crippen LogP contribution in [0.25, 0.3) is 0 Å². The number of anilines is 2. The normalized spacial score (nSPS) is 10.1. The highest BCUT2D eigenvalue weighted by Gasteiger charge is 2.10. The second-order valence-electron chi connectivity index (χ2n) is 4.05. The fraction of sp³-hybridized carbons (Fsp3) is 0.250. The third-order valence-corrected chi connectivity index (χ3v) is 2.56. The number of hydrogen-bond acceptors (Lipinski definition) is 7. The minimum Gasteiger partial charge on any atom is -0.373 e. The number of nitrogens with zero attached hydrogens (tertiary/aromatic N) is 4. The van der Waals surface area contributed by atoms with Crippen LogP contribution in [0.2, 0.25) is 0 Å². The maximum absolute atomic E-state index is 10.8. The lowest BCUT2D eigenvalue weighted by Crippen LogP contribution is -2.06. The van der Waals surface area contributed by atoms with Crippen molar-refractivity contribution in [3.8, 4) is 0 Å². The molecule has 8 heteroatoms. The summed E-state index contributed by atoms with van der Waals surface area (Å²) < 4.78 is 0. The van der Waals surface area contributed by atoms with E-state index >= 15 is 0 Å². The molecule has 2 heterocycles. The third-order valence-electron chi connectivity index (χ3n) is 2.56. The molecule has 0 aliphatic carbocycles. The summed E-state index contributed by atoms with van der Waals surface area (Å²) in [7, 11) is 1.66. The van der Waals surface area contributed by atoms with Gasteiger partial charge in [0.1, 0.15) is 17.5 Å². The van der Waals surface area contributed by atoms with Crippen LogP contribution < -0.4 is 10.6 Å². The molecule has 0 aliphatic rings. The van der Waals surface area contributed by atoms with Crippen molar-refractivity contribution >= 4 is 17.3 Å². The summed E-state index contributed by atoms with van der Waals surface area (Å²) in [5.41, 5.74) is 0.766. The Morgan fingerprint density at radius 3 is 2.70 bits per heavy atom. The summed E-state index contributed by atoms with van der Waals surface area (Å²) in [5.74, 6) is 1.52. The highest BCUT2D eigenvalue weighted by atomic mass is 16.6. The van der Waals surface area contributed by atoms with Gasteiger partial charge in [-0.25, -0.2) is 15.0 Å². The van der Waals surface area contributed by atoms with Crippen molar-refractivity contribution in [1.29, 1.82) is 0 Å². The van der Waals surface area contributed by atoms with Crippen LogP contribution in [-0.4, -0.2) is 26.9 Å². The average molecular weight is 274 g/mol. The molecule has 0 aliphatic heterocycles. The van der Waals surface area contributed by atoms with Crippen LogP contribution in [0.3, 0.4) is 0 Å². The second kappa shape index (κ2) is 5.91. The minimum absolute atomic E-state index is 0.0225. The van der Waals surface area contributed by atoms with Gasteiger partial charge in [0.05, 0.1) is 29.3 Å². The molecule has 0 amide bonds. The first-order valence-corrected chi connectivity index (χ1v) is 5.95. The summed E-state index contributed by atoms with van der Waals surface area (Å²) in [5, 5.41) is 16.6. The van der Waals surface area contributed by atoms with E-state index in [1.807, 2.05) is 0 Å². The van der Waals surface area contributed by atoms with E-state index in [-0.39, 0.29) is 5.69 Å². The molecule has 0 saturated carbocycles. The SMILES string of the molecule is CNc1cc([N+](=O)[O-])cc(NCc2ccnc(C)n2)n1. The molecule has 0 spiro atoms. The van der Waals surface area contributed by atoms with Crippen LogP contribution in [0.5, 0.6) is 0 Å². The van der Waals surface area contributed by atoms with Crippen molar-refractivity contribution in [2.45, 2.75) is 13.5 Å². The lowest BCUT2D eigenvalue weighted by Gasteiger charge is -2.07. The number of aryl methyl sites for hydroxylation is 1. The lowest BCUT2D eigenvalue weighted by atomic mass is 10.3. The van der Waals surface area contributed by atoms with Gasteiger partial charge in [0.15, 0.2) is 0 Å². The number of hydrogen-bond donors (Lipinski definition) is 2. The summed E-state index contributed by atoms with van der Waals surface area (Å²) in [4.78, 5) is 22.8. The number of nitrogens with one attached hydrogen (secondary N) is 2. The van der Waals surface area contributed by atoms with Crippen molar-refractivity contribution < 1.29 is 4.92 Å². The Bertz CT molecular complexity index is 631. The topological polar surface area (TPSA) is 106 Å². The van der Waals surface area contributed by atoms with Gasteiger partial charge in [0.2, 0.25) is 0 Å². The molecular formula is C12H14N6O2. The van der Waals surface area contributed by atoms with Crippen molar-refractivity contribution in [2.75, 3.05) is 17.7 Å². The Morgan fingerprint density at radius 2 is 2.05 bits per heavy atom. The highest BCUT2D eigenvalue weighted by molar-refractivity contribution is 5.54. The van der Waals surface area contributed by atoms with Crippen molar-refractivity contribution in [3.05, 3.63) is 46.0 Å². The van der Waals surface area contributed by atoms with Gasteiger partial charge < -0.3 is 10.6 Å². The fourth-order valence-electron chi connectivity index (χ4n) is 1.62. The van der Waals surface area contributed by atoms with E-state index in [1.165, 1.54) is 12.1 Å². The first-order valence-electron chi connectivity index (χ1n) is 5.95. The van der Waals surface area contributed by atoms with Gasteiger partial charge in [0, 0.05) is 13.2 Å². The van der Waals surface area contributed by atoms with Crippen molar-refractivity contribution in [2.24, 2.45) is 0 Å². The average Bonchev–Trinajstić information content (AvgIpc) is 2.45. The van der Waals surface area contributed by atoms with Gasteiger partial charge in [-0.15, -0.1) is 0 Å². The van der Waals surface area contributed by atoms with Gasteiger partial charge in [-0.2, -0.15) is 0 Å². The maximum atomic E-state index is 10.8. The standard InChI is InChI=1S/C12H14N6O2/c1-8-14-4-3-9(16-8)7-15-12-6-10(18(19)20)5-11(13-2)17-12/h3-6H,7H2,1-2H3,(H2,13,15,17). The van der Waals surface area contributed by atoms with E-state index < -0.39 is 4.92 Å². The molecule has 0 fully saturated rings. The molecule has 0 saturated heterocycles. The van der Waals surface area contributed by atoms with Crippen LogP contribution in [0, 0.1) is 17.0 Å². The Kier molecular flexibility index (Phi) is 4.04. The third kappa shape index (κ3) is 3.37. The maximum Gasteiger partial charge on any atom is 0.276 e. The molecule has 20 heavy (non-hydrogen) atoms. The van der Waals surface area contributed by atoms with Gasteiger partial charge in [-0.3, -0.25) is 10.1 Å². The summed E-state index contributed by atoms with van der Waals surface area (Å²) in [6, 6.07) is 4.53. The van der Waals surface area contributed by atoms with Crippen molar-refractivity contribution in [3.63, 3.8) is 0 Å². The van der Waals surface area contributed by atoms with Gasteiger partial charge in [-0.1, -0.05) is 0 Å². The minimum atomic E-state index is -0.456. The van der Waals surface area contributed by atoms with E-state index in [9.17, 15) is 10.1 Å². The van der Waals surface area contributed by atoms with Crippen LogP contribution in [0.15, 0.2) is 24.4 Å². The van der Waals surface area contributed by atoms with Crippen LogP contribution in [0.4, 0.5) is 17.3 Å². The largest absolute Gasteiger partial charge is 0.373 e. The predicted molar refractivity (Wildman–Crippen MR) is 74.5 cm³/mol. The molecule has 0 radical (unpaired) electrons. The van der Waals surface area contributed by atoms with Crippen LogP contribution in [0.1, 0.15) is 11.5 Å². The van der Waals surface area contributed by atoms with Gasteiger partial charge in [0.25, 0.3) is 5.69 Å². The smallest absolute Gasteiger partial charge is 0.276 e. The number of pyridine rings is 1. The molecule has 0 atom stereocenters. The molecule has 2 aromatic heterocycles. The Balaban J connectivity index is 2.16. The zero-order valence-electron chi connectivity index (χ0n) is 11.1. The molecular weight excluding hydrogens is 260 g/mol. The molecule has 104 valence electrons. The molecule has 0 unspecified atom stereocenters. The van der Waals surface area contributed by atoms with E-state index in [1.54, 1.807) is 26.2 Å². The highest BCUT2D eigenvalue weighted by Crippen LogP contribution is 2.20. The monoisotopic (exact) mass is 274 g/mol. The zero-order chi connectivity index (χ0) is 14.5. The Labute approximate surface area is 115 Å². The predicted octanol–water partition coefficient (Wildman–Crippen LogP) is 1.74. The summed E-state index contributed by atoms with van der Waals surface area (Å²) >= 11 is 0. The number of aromatic nitrogens is 3. The molecule has 0 aromatic carbocycles. The second-order valence-corrected chi connectivity index (χ2v) is 4.05. The number of nitro groups is 1. The lowest BCUT2D eigenvalue weighted by molar-refractivity contribution is -0.384. The van der Waals surface area contributed by atoms with Crippen molar-refractivity contribution in [1.82, 2.24) is 15.0 Å². The van der Waals surface area contributed by atoms with E-state index in [0.717, 1.165) is 5.69 Å². The molecule has 2 aromatic rings. The van der Waals surface area contributed by atoms with E-state index in [4.69, 9.17) is 0 Å². The zero-order valence-corrected chi connectivity index (χ0v) is 11.1. The van der Waals surface area contributed by atoms with Crippen LogP contribution >= 0.6 is 0 Å². The molecule has 8 nitrogen and oxygen atoms in total. The fourth-order valence-corrected chi connectivity index (χ4v) is 1.62. The van der Waals surface area contributed by atoms with Gasteiger partial charge >= 0.3 is 0 Å². The number of rotatable bonds is 5. The Hall–Kier alpha value is -2.77. The van der Waals surface area contributed by atoms with E-state index in [2.05, 4.69) is 25.6 Å². The quantitative estimate of drug-likeness (QED) is 0.631. The molecule has 0 bridgehead atoms. The Morgan fingerprint density at radius 1 is 1.30 bits per heavy atom. The van der Waals surface area contributed by atoms with Gasteiger partial charge in [-0.05, 0) is 13.0 Å². The van der Waals surface area contributed by atoms with Crippen LogP contribution in [-0.2, 0) is 6.54 Å². The molecule has 2 N–H and O–H groups in total. The summed E-state index contributed by atoms with van der Waals surface area (Å²) in [6.45, 7) is 2.22. The first kappa shape index (κ1) is 13.7. The summed E-state index contributed by atoms with van der Waals surface area (Å²) in [6.07, 6.45) is 1.67. The molecule has 2 rings (SSSR count).